The molecule has 100 valence electrons. The van der Waals surface area contributed by atoms with Gasteiger partial charge < -0.3 is 14.5 Å². The second kappa shape index (κ2) is 5.67. The zero-order valence-corrected chi connectivity index (χ0v) is 11.8. The molecule has 0 N–H and O–H groups in total. The summed E-state index contributed by atoms with van der Waals surface area (Å²) in [6.45, 7) is 7.69. The molecule has 0 aliphatic carbocycles. The Morgan fingerprint density at radius 1 is 1.44 bits per heavy atom. The van der Waals surface area contributed by atoms with Crippen molar-refractivity contribution in [2.75, 3.05) is 38.8 Å². The van der Waals surface area contributed by atoms with Crippen molar-refractivity contribution in [2.45, 2.75) is 26.4 Å². The fourth-order valence-electron chi connectivity index (χ4n) is 2.37. The van der Waals surface area contributed by atoms with E-state index in [-0.39, 0.29) is 0 Å². The molecule has 0 amide bonds. The Labute approximate surface area is 110 Å². The molecule has 1 aromatic heterocycles. The number of hydrogen-bond acceptors (Lipinski definition) is 4. The monoisotopic (exact) mass is 249 g/mol. The van der Waals surface area contributed by atoms with Gasteiger partial charge in [0.1, 0.15) is 0 Å². The van der Waals surface area contributed by atoms with Crippen molar-refractivity contribution >= 4 is 5.69 Å². The van der Waals surface area contributed by atoms with Gasteiger partial charge in [0, 0.05) is 24.8 Å². The van der Waals surface area contributed by atoms with Gasteiger partial charge in [-0.25, -0.2) is 0 Å². The van der Waals surface area contributed by atoms with Gasteiger partial charge in [-0.3, -0.25) is 4.98 Å². The van der Waals surface area contributed by atoms with Crippen LogP contribution >= 0.6 is 0 Å². The number of pyridine rings is 1. The zero-order chi connectivity index (χ0) is 13.1. The molecule has 1 atom stereocenters. The van der Waals surface area contributed by atoms with Crippen LogP contribution in [0.1, 0.15) is 18.3 Å². The van der Waals surface area contributed by atoms with Gasteiger partial charge in [0.05, 0.1) is 24.6 Å². The number of aromatic nitrogens is 1. The van der Waals surface area contributed by atoms with Crippen LogP contribution < -0.4 is 4.90 Å². The van der Waals surface area contributed by atoms with E-state index in [4.69, 9.17) is 9.72 Å². The minimum atomic E-state index is 0.421. The molecule has 0 radical (unpaired) electrons. The first-order valence-electron chi connectivity index (χ1n) is 6.53. The summed E-state index contributed by atoms with van der Waals surface area (Å²) in [6, 6.07) is 4.71. The van der Waals surface area contributed by atoms with Crippen molar-refractivity contribution in [1.29, 1.82) is 0 Å². The van der Waals surface area contributed by atoms with Crippen molar-refractivity contribution in [2.24, 2.45) is 0 Å². The molecule has 0 bridgehead atoms. The second-order valence-corrected chi connectivity index (χ2v) is 5.27. The van der Waals surface area contributed by atoms with E-state index in [2.05, 4.69) is 43.0 Å². The summed E-state index contributed by atoms with van der Waals surface area (Å²) < 4.78 is 5.51. The lowest BCUT2D eigenvalue weighted by Crippen LogP contribution is -2.44. The summed E-state index contributed by atoms with van der Waals surface area (Å²) in [7, 11) is 4.16. The van der Waals surface area contributed by atoms with Crippen molar-refractivity contribution in [3.05, 3.63) is 23.5 Å². The van der Waals surface area contributed by atoms with Crippen LogP contribution in [-0.2, 0) is 11.3 Å². The summed E-state index contributed by atoms with van der Waals surface area (Å²) in [6.07, 6.45) is 0. The Balaban J connectivity index is 2.30. The number of rotatable bonds is 3. The topological polar surface area (TPSA) is 28.6 Å². The molecule has 2 rings (SSSR count). The first-order chi connectivity index (χ1) is 8.58. The highest BCUT2D eigenvalue weighted by atomic mass is 16.5. The maximum atomic E-state index is 5.51. The number of hydrogen-bond donors (Lipinski definition) is 0. The minimum Gasteiger partial charge on any atom is -0.377 e. The molecule has 4 heteroatoms. The molecule has 1 saturated heterocycles. The molecule has 4 nitrogen and oxygen atoms in total. The largest absolute Gasteiger partial charge is 0.377 e. The summed E-state index contributed by atoms with van der Waals surface area (Å²) in [5, 5.41) is 0. The summed E-state index contributed by atoms with van der Waals surface area (Å²) in [4.78, 5) is 9.27. The number of aryl methyl sites for hydroxylation is 1. The van der Waals surface area contributed by atoms with E-state index in [0.717, 1.165) is 37.7 Å². The molecular formula is C14H23N3O. The lowest BCUT2D eigenvalue weighted by molar-refractivity contribution is 0.0987. The van der Waals surface area contributed by atoms with Gasteiger partial charge in [0.25, 0.3) is 0 Å². The molecule has 1 aliphatic rings. The summed E-state index contributed by atoms with van der Waals surface area (Å²) in [5.41, 5.74) is 3.50. The number of morpholine rings is 1. The quantitative estimate of drug-likeness (QED) is 0.815. The summed E-state index contributed by atoms with van der Waals surface area (Å²) >= 11 is 0. The van der Waals surface area contributed by atoms with Crippen molar-refractivity contribution < 1.29 is 4.74 Å². The van der Waals surface area contributed by atoms with Gasteiger partial charge in [-0.1, -0.05) is 0 Å². The van der Waals surface area contributed by atoms with Gasteiger partial charge in [-0.05, 0) is 40.1 Å². The molecular weight excluding hydrogens is 226 g/mol. The second-order valence-electron chi connectivity index (χ2n) is 5.27. The van der Waals surface area contributed by atoms with Crippen LogP contribution in [-0.4, -0.2) is 49.8 Å². The van der Waals surface area contributed by atoms with Crippen LogP contribution in [0, 0.1) is 6.92 Å². The third-order valence-corrected chi connectivity index (χ3v) is 3.23. The van der Waals surface area contributed by atoms with Crippen LogP contribution in [0.25, 0.3) is 0 Å². The van der Waals surface area contributed by atoms with Crippen molar-refractivity contribution in [3.8, 4) is 0 Å². The zero-order valence-electron chi connectivity index (χ0n) is 11.8. The number of ether oxygens (including phenoxy) is 1. The molecule has 0 unspecified atom stereocenters. The molecule has 0 saturated carbocycles. The summed E-state index contributed by atoms with van der Waals surface area (Å²) in [5.74, 6) is 0. The average molecular weight is 249 g/mol. The average Bonchev–Trinajstić information content (AvgIpc) is 2.30. The van der Waals surface area contributed by atoms with Crippen LogP contribution in [0.15, 0.2) is 12.1 Å². The highest BCUT2D eigenvalue weighted by molar-refractivity contribution is 5.52. The van der Waals surface area contributed by atoms with Crippen molar-refractivity contribution in [1.82, 2.24) is 9.88 Å². The lowest BCUT2D eigenvalue weighted by atomic mass is 10.1. The fraction of sp³-hybridized carbons (Fsp3) is 0.643. The molecule has 0 aromatic carbocycles. The van der Waals surface area contributed by atoms with Gasteiger partial charge in [-0.15, -0.1) is 0 Å². The lowest BCUT2D eigenvalue weighted by Gasteiger charge is -2.36. The SMILES string of the molecule is Cc1ccc(N2CCOC[C@H]2C)c(CN(C)C)n1. The van der Waals surface area contributed by atoms with Gasteiger partial charge in [0.2, 0.25) is 0 Å². The minimum absolute atomic E-state index is 0.421. The smallest absolute Gasteiger partial charge is 0.0779 e. The van der Waals surface area contributed by atoms with E-state index in [0.29, 0.717) is 6.04 Å². The number of nitrogens with zero attached hydrogens (tertiary/aromatic N) is 3. The predicted octanol–water partition coefficient (Wildman–Crippen LogP) is 1.68. The van der Waals surface area contributed by atoms with E-state index in [1.54, 1.807) is 0 Å². The van der Waals surface area contributed by atoms with E-state index >= 15 is 0 Å². The maximum absolute atomic E-state index is 5.51. The molecule has 1 fully saturated rings. The Morgan fingerprint density at radius 3 is 2.89 bits per heavy atom. The number of anilines is 1. The van der Waals surface area contributed by atoms with E-state index in [9.17, 15) is 0 Å². The third kappa shape index (κ3) is 3.00. The van der Waals surface area contributed by atoms with Gasteiger partial charge in [-0.2, -0.15) is 0 Å². The first-order valence-corrected chi connectivity index (χ1v) is 6.53. The third-order valence-electron chi connectivity index (χ3n) is 3.23. The van der Waals surface area contributed by atoms with E-state index < -0.39 is 0 Å². The highest BCUT2D eigenvalue weighted by Crippen LogP contribution is 2.24. The van der Waals surface area contributed by atoms with Crippen LogP contribution in [0.2, 0.25) is 0 Å². The molecule has 18 heavy (non-hydrogen) atoms. The Kier molecular flexibility index (Phi) is 4.19. The van der Waals surface area contributed by atoms with Gasteiger partial charge >= 0.3 is 0 Å². The molecule has 1 aromatic rings. The van der Waals surface area contributed by atoms with Crippen LogP contribution in [0.3, 0.4) is 0 Å². The molecule has 2 heterocycles. The van der Waals surface area contributed by atoms with E-state index in [1.807, 2.05) is 6.92 Å². The van der Waals surface area contributed by atoms with Crippen LogP contribution in [0.4, 0.5) is 5.69 Å². The standard InChI is InChI=1S/C14H23N3O/c1-11-5-6-14(13(15-11)9-16(3)4)17-7-8-18-10-12(17)2/h5-6,12H,7-10H2,1-4H3/t12-/m1/s1. The first kappa shape index (κ1) is 13.3. The maximum Gasteiger partial charge on any atom is 0.0779 e. The fourth-order valence-corrected chi connectivity index (χ4v) is 2.37. The Bertz CT molecular complexity index is 406. The normalized spacial score (nSPS) is 20.5. The predicted molar refractivity (Wildman–Crippen MR) is 74.0 cm³/mol. The molecule has 0 spiro atoms. The molecule has 1 aliphatic heterocycles. The van der Waals surface area contributed by atoms with Crippen molar-refractivity contribution in [3.63, 3.8) is 0 Å². The Hall–Kier alpha value is -1.13. The van der Waals surface area contributed by atoms with Crippen LogP contribution in [0.5, 0.6) is 0 Å². The van der Waals surface area contributed by atoms with E-state index in [1.165, 1.54) is 5.69 Å². The van der Waals surface area contributed by atoms with Gasteiger partial charge in [0.15, 0.2) is 0 Å². The highest BCUT2D eigenvalue weighted by Gasteiger charge is 2.22. The Morgan fingerprint density at radius 2 is 2.22 bits per heavy atom.